The average Bonchev–Trinajstić information content (AvgIpc) is 2.73. The summed E-state index contributed by atoms with van der Waals surface area (Å²) in [6.07, 6.45) is 11.7. The number of hydrogen-bond donors (Lipinski definition) is 1. The largest absolute Gasteiger partial charge is 0.354 e. The summed E-state index contributed by atoms with van der Waals surface area (Å²) >= 11 is 0. The van der Waals surface area contributed by atoms with E-state index >= 15 is 0 Å². The highest BCUT2D eigenvalue weighted by Crippen LogP contribution is 2.19. The Morgan fingerprint density at radius 3 is 2.59 bits per heavy atom. The van der Waals surface area contributed by atoms with E-state index in [1.165, 1.54) is 31.3 Å². The zero-order chi connectivity index (χ0) is 18.9. The van der Waals surface area contributed by atoms with E-state index < -0.39 is 0 Å². The molecule has 1 aromatic heterocycles. The van der Waals surface area contributed by atoms with Gasteiger partial charge in [-0.1, -0.05) is 42.0 Å². The van der Waals surface area contributed by atoms with Crippen LogP contribution in [0.2, 0.25) is 0 Å². The first-order valence-corrected chi connectivity index (χ1v) is 9.83. The van der Waals surface area contributed by atoms with Crippen LogP contribution in [0.5, 0.6) is 0 Å². The number of allylic oxidation sites excluding steroid dienone is 1. The lowest BCUT2D eigenvalue weighted by molar-refractivity contribution is 0.0751. The molecule has 0 bridgehead atoms. The Morgan fingerprint density at radius 2 is 1.93 bits per heavy atom. The van der Waals surface area contributed by atoms with Crippen molar-refractivity contribution in [3.63, 3.8) is 0 Å². The summed E-state index contributed by atoms with van der Waals surface area (Å²) in [7, 11) is 0. The molecule has 0 unspecified atom stereocenters. The molecule has 3 rings (SSSR count). The fourth-order valence-corrected chi connectivity index (χ4v) is 3.31. The van der Waals surface area contributed by atoms with Crippen LogP contribution in [0.25, 0.3) is 0 Å². The standard InChI is InChI=1S/C22H28N4O/c1-2-26(17-19-11-7-4-8-12-19)21(27)20-15-24-22(25-16-20)23-14-13-18-9-5-3-6-10-18/h4,7-9,11-12,15-16H,2-3,5-6,10,13-14,17H2,1H3,(H,23,24,25). The Balaban J connectivity index is 1.53. The van der Waals surface area contributed by atoms with E-state index in [1.807, 2.05) is 37.3 Å². The number of aromatic nitrogens is 2. The smallest absolute Gasteiger partial charge is 0.257 e. The molecule has 0 saturated heterocycles. The SMILES string of the molecule is CCN(Cc1ccccc1)C(=O)c1cnc(NCCC2=CCCCC2)nc1. The van der Waals surface area contributed by atoms with Gasteiger partial charge in [0.05, 0.1) is 5.56 Å². The predicted octanol–water partition coefficient (Wildman–Crippen LogP) is 4.44. The predicted molar refractivity (Wildman–Crippen MR) is 109 cm³/mol. The molecule has 1 N–H and O–H groups in total. The third-order valence-corrected chi connectivity index (χ3v) is 4.90. The van der Waals surface area contributed by atoms with Crippen LogP contribution in [0.4, 0.5) is 5.95 Å². The van der Waals surface area contributed by atoms with Crippen LogP contribution in [0, 0.1) is 0 Å². The molecule has 1 heterocycles. The van der Waals surface area contributed by atoms with E-state index in [0.717, 1.165) is 18.5 Å². The molecule has 0 atom stereocenters. The van der Waals surface area contributed by atoms with Crippen LogP contribution in [-0.2, 0) is 6.54 Å². The highest BCUT2D eigenvalue weighted by atomic mass is 16.2. The van der Waals surface area contributed by atoms with Gasteiger partial charge in [-0.2, -0.15) is 0 Å². The lowest BCUT2D eigenvalue weighted by Crippen LogP contribution is -2.30. The fraction of sp³-hybridized carbons (Fsp3) is 0.409. The van der Waals surface area contributed by atoms with Crippen molar-refractivity contribution in [1.82, 2.24) is 14.9 Å². The third kappa shape index (κ3) is 5.64. The molecule has 1 aromatic carbocycles. The number of nitrogens with zero attached hydrogens (tertiary/aromatic N) is 3. The molecule has 0 spiro atoms. The van der Waals surface area contributed by atoms with Crippen LogP contribution < -0.4 is 5.32 Å². The maximum Gasteiger partial charge on any atom is 0.257 e. The first-order chi connectivity index (χ1) is 13.3. The number of nitrogens with one attached hydrogen (secondary N) is 1. The van der Waals surface area contributed by atoms with Crippen LogP contribution in [0.15, 0.2) is 54.4 Å². The molecule has 27 heavy (non-hydrogen) atoms. The van der Waals surface area contributed by atoms with Gasteiger partial charge in [-0.3, -0.25) is 4.79 Å². The van der Waals surface area contributed by atoms with Gasteiger partial charge in [0, 0.05) is 32.0 Å². The van der Waals surface area contributed by atoms with E-state index in [9.17, 15) is 4.79 Å². The Kier molecular flexibility index (Phi) is 6.97. The number of benzene rings is 1. The van der Waals surface area contributed by atoms with Crippen LogP contribution in [-0.4, -0.2) is 33.9 Å². The lowest BCUT2D eigenvalue weighted by Gasteiger charge is -2.21. The quantitative estimate of drug-likeness (QED) is 0.704. The second-order valence-corrected chi connectivity index (χ2v) is 6.89. The average molecular weight is 364 g/mol. The number of rotatable bonds is 8. The van der Waals surface area contributed by atoms with E-state index in [4.69, 9.17) is 0 Å². The Morgan fingerprint density at radius 1 is 1.15 bits per heavy atom. The van der Waals surface area contributed by atoms with Crippen molar-refractivity contribution in [1.29, 1.82) is 0 Å². The molecule has 0 aliphatic heterocycles. The topological polar surface area (TPSA) is 58.1 Å². The summed E-state index contributed by atoms with van der Waals surface area (Å²) in [5, 5.41) is 3.25. The van der Waals surface area contributed by atoms with Crippen LogP contribution in [0.1, 0.15) is 54.9 Å². The fourth-order valence-electron chi connectivity index (χ4n) is 3.31. The van der Waals surface area contributed by atoms with Gasteiger partial charge in [0.15, 0.2) is 0 Å². The molecule has 0 fully saturated rings. The van der Waals surface area contributed by atoms with Gasteiger partial charge in [-0.15, -0.1) is 0 Å². The summed E-state index contributed by atoms with van der Waals surface area (Å²) < 4.78 is 0. The maximum absolute atomic E-state index is 12.7. The molecule has 1 amide bonds. The monoisotopic (exact) mass is 364 g/mol. The molecular weight excluding hydrogens is 336 g/mol. The summed E-state index contributed by atoms with van der Waals surface area (Å²) in [6.45, 7) is 4.04. The van der Waals surface area contributed by atoms with Gasteiger partial charge in [-0.25, -0.2) is 9.97 Å². The van der Waals surface area contributed by atoms with E-state index in [2.05, 4.69) is 21.4 Å². The van der Waals surface area contributed by atoms with Crippen molar-refractivity contribution in [2.24, 2.45) is 0 Å². The summed E-state index contributed by atoms with van der Waals surface area (Å²) in [5.41, 5.74) is 3.16. The Bertz CT molecular complexity index is 756. The molecule has 2 aromatic rings. The number of carbonyl (C=O) groups is 1. The summed E-state index contributed by atoms with van der Waals surface area (Å²) in [6, 6.07) is 10.0. The normalized spacial score (nSPS) is 13.7. The number of hydrogen-bond acceptors (Lipinski definition) is 4. The molecule has 1 aliphatic carbocycles. The highest BCUT2D eigenvalue weighted by Gasteiger charge is 2.15. The van der Waals surface area contributed by atoms with E-state index in [1.54, 1.807) is 17.3 Å². The first kappa shape index (κ1) is 19.1. The maximum atomic E-state index is 12.7. The minimum absolute atomic E-state index is 0.0414. The molecule has 1 aliphatic rings. The molecule has 0 saturated carbocycles. The zero-order valence-electron chi connectivity index (χ0n) is 16.0. The lowest BCUT2D eigenvalue weighted by atomic mass is 9.97. The minimum atomic E-state index is -0.0414. The van der Waals surface area contributed by atoms with Gasteiger partial charge in [0.1, 0.15) is 0 Å². The number of anilines is 1. The third-order valence-electron chi connectivity index (χ3n) is 4.90. The summed E-state index contributed by atoms with van der Waals surface area (Å²) in [4.78, 5) is 23.2. The highest BCUT2D eigenvalue weighted by molar-refractivity contribution is 5.93. The second-order valence-electron chi connectivity index (χ2n) is 6.89. The van der Waals surface area contributed by atoms with Crippen LogP contribution >= 0.6 is 0 Å². The van der Waals surface area contributed by atoms with Crippen molar-refractivity contribution in [3.05, 3.63) is 65.5 Å². The first-order valence-electron chi connectivity index (χ1n) is 9.83. The molecule has 5 nitrogen and oxygen atoms in total. The van der Waals surface area contributed by atoms with Gasteiger partial charge >= 0.3 is 0 Å². The van der Waals surface area contributed by atoms with Gasteiger partial charge in [0.2, 0.25) is 5.95 Å². The van der Waals surface area contributed by atoms with Gasteiger partial charge < -0.3 is 10.2 Å². The van der Waals surface area contributed by atoms with E-state index in [-0.39, 0.29) is 5.91 Å². The van der Waals surface area contributed by atoms with Crippen molar-refractivity contribution in [2.45, 2.75) is 45.6 Å². The number of amides is 1. The van der Waals surface area contributed by atoms with Crippen molar-refractivity contribution in [3.8, 4) is 0 Å². The van der Waals surface area contributed by atoms with E-state index in [0.29, 0.717) is 24.6 Å². The van der Waals surface area contributed by atoms with Crippen LogP contribution in [0.3, 0.4) is 0 Å². The van der Waals surface area contributed by atoms with Gasteiger partial charge in [0.25, 0.3) is 5.91 Å². The van der Waals surface area contributed by atoms with Crippen molar-refractivity contribution >= 4 is 11.9 Å². The summed E-state index contributed by atoms with van der Waals surface area (Å²) in [5.74, 6) is 0.536. The van der Waals surface area contributed by atoms with Crippen molar-refractivity contribution in [2.75, 3.05) is 18.4 Å². The molecule has 5 heteroatoms. The zero-order valence-corrected chi connectivity index (χ0v) is 16.0. The molecule has 0 radical (unpaired) electrons. The minimum Gasteiger partial charge on any atom is -0.354 e. The van der Waals surface area contributed by atoms with Crippen molar-refractivity contribution < 1.29 is 4.79 Å². The second kappa shape index (κ2) is 9.86. The Labute approximate surface area is 161 Å². The molecular formula is C22H28N4O. The molecule has 142 valence electrons. The van der Waals surface area contributed by atoms with Gasteiger partial charge in [-0.05, 0) is 44.6 Å². The number of carbonyl (C=O) groups excluding carboxylic acids is 1. The Hall–Kier alpha value is -2.69.